The number of rotatable bonds is 1. The second-order valence-corrected chi connectivity index (χ2v) is 4.91. The van der Waals surface area contributed by atoms with Gasteiger partial charge in [-0.15, -0.1) is 0 Å². The minimum atomic E-state index is -4.30. The van der Waals surface area contributed by atoms with Gasteiger partial charge in [0.15, 0.2) is 0 Å². The van der Waals surface area contributed by atoms with Crippen molar-refractivity contribution in [1.82, 2.24) is 0 Å². The van der Waals surface area contributed by atoms with Crippen LogP contribution in [0.5, 0.6) is 0 Å². The van der Waals surface area contributed by atoms with Crippen molar-refractivity contribution in [2.75, 3.05) is 0 Å². The van der Waals surface area contributed by atoms with Crippen molar-refractivity contribution in [2.45, 2.75) is 37.9 Å². The van der Waals surface area contributed by atoms with Crippen molar-refractivity contribution >= 4 is 0 Å². The van der Waals surface area contributed by atoms with Gasteiger partial charge in [0.05, 0.1) is 5.56 Å². The zero-order valence-corrected chi connectivity index (χ0v) is 9.72. The highest BCUT2D eigenvalue weighted by Crippen LogP contribution is 2.42. The van der Waals surface area contributed by atoms with Gasteiger partial charge >= 0.3 is 6.18 Å². The highest BCUT2D eigenvalue weighted by atomic mass is 19.4. The first kappa shape index (κ1) is 12.4. The molecule has 1 fully saturated rings. The van der Waals surface area contributed by atoms with Crippen molar-refractivity contribution in [3.05, 3.63) is 35.4 Å². The maximum atomic E-state index is 12.6. The Morgan fingerprint density at radius 2 is 2.06 bits per heavy atom. The number of alkyl halides is 3. The summed E-state index contributed by atoms with van der Waals surface area (Å²) in [6.45, 7) is 2.01. The molecule has 1 nitrogen and oxygen atoms in total. The van der Waals surface area contributed by atoms with E-state index < -0.39 is 17.3 Å². The smallest absolute Gasteiger partial charge is 0.321 e. The summed E-state index contributed by atoms with van der Waals surface area (Å²) in [5.74, 6) is 0.228. The first-order valence-corrected chi connectivity index (χ1v) is 5.80. The van der Waals surface area contributed by atoms with Crippen LogP contribution in [0.25, 0.3) is 0 Å². The Hall–Kier alpha value is -1.03. The molecule has 94 valence electrons. The second kappa shape index (κ2) is 4.02. The zero-order chi connectivity index (χ0) is 12.7. The highest BCUT2D eigenvalue weighted by molar-refractivity contribution is 5.32. The van der Waals surface area contributed by atoms with Gasteiger partial charge in [0.25, 0.3) is 0 Å². The molecule has 2 rings (SSSR count). The maximum absolute atomic E-state index is 12.6. The Balaban J connectivity index is 2.40. The largest absolute Gasteiger partial charge is 0.416 e. The molecule has 0 bridgehead atoms. The van der Waals surface area contributed by atoms with Crippen molar-refractivity contribution in [3.63, 3.8) is 0 Å². The Labute approximate surface area is 98.8 Å². The van der Waals surface area contributed by atoms with E-state index in [4.69, 9.17) is 5.73 Å². The normalized spacial score (nSPS) is 29.6. The van der Waals surface area contributed by atoms with Gasteiger partial charge in [-0.1, -0.05) is 25.5 Å². The zero-order valence-electron chi connectivity index (χ0n) is 9.72. The molecule has 2 N–H and O–H groups in total. The molecule has 0 spiro atoms. The Morgan fingerprint density at radius 3 is 2.59 bits per heavy atom. The van der Waals surface area contributed by atoms with Crippen LogP contribution in [0.3, 0.4) is 0 Å². The van der Waals surface area contributed by atoms with Crippen molar-refractivity contribution in [3.8, 4) is 0 Å². The molecule has 1 aliphatic rings. The van der Waals surface area contributed by atoms with Crippen molar-refractivity contribution < 1.29 is 13.2 Å². The fourth-order valence-corrected chi connectivity index (χ4v) is 2.62. The molecule has 1 aromatic carbocycles. The average molecular weight is 243 g/mol. The van der Waals surface area contributed by atoms with E-state index in [-0.39, 0.29) is 5.92 Å². The minimum Gasteiger partial charge on any atom is -0.321 e. The van der Waals surface area contributed by atoms with Crippen LogP contribution in [0.4, 0.5) is 13.2 Å². The number of hydrogen-bond donors (Lipinski definition) is 1. The summed E-state index contributed by atoms with van der Waals surface area (Å²) in [5, 5.41) is 0. The monoisotopic (exact) mass is 243 g/mol. The number of hydrogen-bond acceptors (Lipinski definition) is 1. The predicted octanol–water partition coefficient (Wildman–Crippen LogP) is 3.68. The Kier molecular flexibility index (Phi) is 2.94. The molecular formula is C13H16F3N. The summed E-state index contributed by atoms with van der Waals surface area (Å²) < 4.78 is 37.9. The van der Waals surface area contributed by atoms with Crippen LogP contribution in [-0.2, 0) is 11.7 Å². The summed E-state index contributed by atoms with van der Waals surface area (Å²) >= 11 is 0. The van der Waals surface area contributed by atoms with Crippen LogP contribution in [0.2, 0.25) is 0 Å². The summed E-state index contributed by atoms with van der Waals surface area (Å²) in [6, 6.07) is 5.43. The van der Waals surface area contributed by atoms with Gasteiger partial charge in [-0.2, -0.15) is 13.2 Å². The van der Waals surface area contributed by atoms with Gasteiger partial charge in [-0.3, -0.25) is 0 Å². The molecule has 1 aliphatic carbocycles. The van der Waals surface area contributed by atoms with Gasteiger partial charge in [0.2, 0.25) is 0 Å². The van der Waals surface area contributed by atoms with Gasteiger partial charge in [-0.25, -0.2) is 0 Å². The lowest BCUT2D eigenvalue weighted by Gasteiger charge is -2.30. The molecule has 1 saturated carbocycles. The van der Waals surface area contributed by atoms with Crippen LogP contribution in [0, 0.1) is 5.92 Å². The van der Waals surface area contributed by atoms with Gasteiger partial charge in [0, 0.05) is 5.54 Å². The fraction of sp³-hybridized carbons (Fsp3) is 0.538. The molecule has 0 saturated heterocycles. The Bertz CT molecular complexity index is 413. The quantitative estimate of drug-likeness (QED) is 0.800. The summed E-state index contributed by atoms with van der Waals surface area (Å²) in [4.78, 5) is 0. The van der Waals surface area contributed by atoms with Crippen LogP contribution in [0.15, 0.2) is 24.3 Å². The average Bonchev–Trinajstić information content (AvgIpc) is 2.60. The predicted molar refractivity (Wildman–Crippen MR) is 60.3 cm³/mol. The van der Waals surface area contributed by atoms with Crippen LogP contribution in [0.1, 0.15) is 37.3 Å². The molecular weight excluding hydrogens is 227 g/mol. The van der Waals surface area contributed by atoms with Crippen LogP contribution < -0.4 is 5.73 Å². The van der Waals surface area contributed by atoms with E-state index in [9.17, 15) is 13.2 Å². The van der Waals surface area contributed by atoms with Gasteiger partial charge in [0.1, 0.15) is 0 Å². The third-order valence-corrected chi connectivity index (χ3v) is 3.83. The minimum absolute atomic E-state index is 0.228. The number of benzene rings is 1. The molecule has 0 amide bonds. The summed E-state index contributed by atoms with van der Waals surface area (Å²) in [7, 11) is 0. The third kappa shape index (κ3) is 2.18. The molecule has 4 heteroatoms. The first-order valence-electron chi connectivity index (χ1n) is 5.80. The molecule has 0 aliphatic heterocycles. The topological polar surface area (TPSA) is 26.0 Å². The molecule has 0 heterocycles. The lowest BCUT2D eigenvalue weighted by Crippen LogP contribution is -2.39. The van der Waals surface area contributed by atoms with Crippen LogP contribution >= 0.6 is 0 Å². The van der Waals surface area contributed by atoms with Crippen molar-refractivity contribution in [1.29, 1.82) is 0 Å². The molecule has 2 unspecified atom stereocenters. The molecule has 1 aromatic rings. The Morgan fingerprint density at radius 1 is 1.35 bits per heavy atom. The van der Waals surface area contributed by atoms with Crippen molar-refractivity contribution in [2.24, 2.45) is 11.7 Å². The number of halogens is 3. The highest BCUT2D eigenvalue weighted by Gasteiger charge is 2.39. The van der Waals surface area contributed by atoms with E-state index in [0.717, 1.165) is 25.3 Å². The van der Waals surface area contributed by atoms with E-state index in [1.807, 2.05) is 6.92 Å². The second-order valence-electron chi connectivity index (χ2n) is 4.91. The SMILES string of the molecule is CC1CCCC1(N)c1cccc(C(F)(F)F)c1. The van der Waals surface area contributed by atoms with E-state index in [1.165, 1.54) is 12.1 Å². The molecule has 2 atom stereocenters. The summed E-state index contributed by atoms with van der Waals surface area (Å²) in [6.07, 6.45) is -1.58. The standard InChI is InChI=1S/C13H16F3N/c1-9-4-3-7-12(9,17)10-5-2-6-11(8-10)13(14,15)16/h2,5-6,8-9H,3-4,7,17H2,1H3. The molecule has 0 aromatic heterocycles. The first-order chi connectivity index (χ1) is 7.84. The maximum Gasteiger partial charge on any atom is 0.416 e. The summed E-state index contributed by atoms with van der Waals surface area (Å²) in [5.41, 5.74) is 5.67. The number of nitrogens with two attached hydrogens (primary N) is 1. The van der Waals surface area contributed by atoms with E-state index in [2.05, 4.69) is 0 Å². The third-order valence-electron chi connectivity index (χ3n) is 3.83. The van der Waals surface area contributed by atoms with E-state index in [0.29, 0.717) is 5.56 Å². The molecule has 0 radical (unpaired) electrons. The van der Waals surface area contributed by atoms with E-state index >= 15 is 0 Å². The van der Waals surface area contributed by atoms with Crippen LogP contribution in [-0.4, -0.2) is 0 Å². The lowest BCUT2D eigenvalue weighted by molar-refractivity contribution is -0.137. The lowest BCUT2D eigenvalue weighted by atomic mass is 9.82. The molecule has 17 heavy (non-hydrogen) atoms. The van der Waals surface area contributed by atoms with Gasteiger partial charge in [-0.05, 0) is 36.5 Å². The fourth-order valence-electron chi connectivity index (χ4n) is 2.62. The van der Waals surface area contributed by atoms with E-state index in [1.54, 1.807) is 6.07 Å². The van der Waals surface area contributed by atoms with Gasteiger partial charge < -0.3 is 5.73 Å².